The van der Waals surface area contributed by atoms with Crippen LogP contribution < -0.4 is 0 Å². The highest BCUT2D eigenvalue weighted by atomic mass is 16.8. The average molecular weight is 401 g/mol. The Bertz CT molecular complexity index is 245. The van der Waals surface area contributed by atoms with Crippen LogP contribution in [0, 0.1) is 0 Å². The van der Waals surface area contributed by atoms with Crippen molar-refractivity contribution in [3.8, 4) is 0 Å². The number of hydrogen-bond donors (Lipinski definition) is 1. The molecule has 0 aromatic rings. The molecule has 0 aliphatic heterocycles. The van der Waals surface area contributed by atoms with Gasteiger partial charge in [0.15, 0.2) is 0 Å². The molecule has 0 heterocycles. The zero-order chi connectivity index (χ0) is 20.5. The van der Waals surface area contributed by atoms with E-state index in [-0.39, 0.29) is 0 Å². The molecule has 0 atom stereocenters. The number of unbranched alkanes of at least 4 members (excludes halogenated alkanes) is 18. The molecule has 0 saturated heterocycles. The van der Waals surface area contributed by atoms with Crippen LogP contribution in [-0.4, -0.2) is 24.8 Å². The Morgan fingerprint density at radius 3 is 0.964 bits per heavy atom. The topological polar surface area (TPSA) is 38.7 Å². The lowest BCUT2D eigenvalue weighted by molar-refractivity contribution is -0.263. The molecule has 3 nitrogen and oxygen atoms in total. The third-order valence-corrected chi connectivity index (χ3v) is 5.52. The second-order valence-electron chi connectivity index (χ2n) is 8.41. The molecule has 0 saturated carbocycles. The van der Waals surface area contributed by atoms with Crippen molar-refractivity contribution in [3.05, 3.63) is 0 Å². The third kappa shape index (κ3) is 23.9. The molecular weight excluding hydrogens is 348 g/mol. The van der Waals surface area contributed by atoms with E-state index in [2.05, 4.69) is 13.8 Å². The summed E-state index contributed by atoms with van der Waals surface area (Å²) in [7, 11) is 0. The summed E-state index contributed by atoms with van der Waals surface area (Å²) in [5.41, 5.74) is 0. The van der Waals surface area contributed by atoms with Crippen LogP contribution in [0.25, 0.3) is 0 Å². The number of ether oxygens (including phenoxy) is 2. The van der Waals surface area contributed by atoms with Gasteiger partial charge < -0.3 is 14.6 Å². The molecule has 0 aliphatic carbocycles. The van der Waals surface area contributed by atoms with Gasteiger partial charge in [0.05, 0.1) is 13.2 Å². The number of hydrogen-bond acceptors (Lipinski definition) is 3. The lowest BCUT2D eigenvalue weighted by Crippen LogP contribution is -2.17. The molecule has 0 radical (unpaired) electrons. The Morgan fingerprint density at radius 2 is 0.679 bits per heavy atom. The summed E-state index contributed by atoms with van der Waals surface area (Å²) in [6, 6.07) is 0. The second-order valence-corrected chi connectivity index (χ2v) is 8.41. The summed E-state index contributed by atoms with van der Waals surface area (Å²) in [4.78, 5) is 0. The summed E-state index contributed by atoms with van der Waals surface area (Å²) in [6.07, 6.45) is 26.2. The first-order valence-electron chi connectivity index (χ1n) is 12.7. The Kier molecular flexibility index (Phi) is 24.8. The molecule has 0 fully saturated rings. The van der Waals surface area contributed by atoms with Crippen LogP contribution in [0.3, 0.4) is 0 Å². The van der Waals surface area contributed by atoms with E-state index in [0.29, 0.717) is 13.2 Å². The minimum Gasteiger partial charge on any atom is -0.346 e. The highest BCUT2D eigenvalue weighted by molar-refractivity contribution is 4.48. The van der Waals surface area contributed by atoms with E-state index in [4.69, 9.17) is 9.47 Å². The van der Waals surface area contributed by atoms with Gasteiger partial charge in [0.2, 0.25) is 0 Å². The molecule has 0 aliphatic rings. The van der Waals surface area contributed by atoms with Crippen LogP contribution >= 0.6 is 0 Å². The van der Waals surface area contributed by atoms with Gasteiger partial charge in [0, 0.05) is 0 Å². The van der Waals surface area contributed by atoms with Crippen molar-refractivity contribution in [3.63, 3.8) is 0 Å². The Morgan fingerprint density at radius 1 is 0.429 bits per heavy atom. The van der Waals surface area contributed by atoms with Gasteiger partial charge in [-0.2, -0.15) is 0 Å². The van der Waals surface area contributed by atoms with E-state index in [9.17, 15) is 5.11 Å². The minimum atomic E-state index is -1.03. The van der Waals surface area contributed by atoms with Gasteiger partial charge in [-0.1, -0.05) is 129 Å². The minimum absolute atomic E-state index is 0.607. The molecule has 0 aromatic carbocycles. The predicted octanol–water partition coefficient (Wildman–Crippen LogP) is 8.14. The number of aliphatic hydroxyl groups is 1. The lowest BCUT2D eigenvalue weighted by atomic mass is 10.1. The predicted molar refractivity (Wildman–Crippen MR) is 122 cm³/mol. The smallest absolute Gasteiger partial charge is 0.269 e. The first kappa shape index (κ1) is 27.9. The molecule has 0 unspecified atom stereocenters. The maximum atomic E-state index is 9.69. The van der Waals surface area contributed by atoms with Gasteiger partial charge in [-0.05, 0) is 12.8 Å². The van der Waals surface area contributed by atoms with Crippen LogP contribution in [0.5, 0.6) is 0 Å². The summed E-state index contributed by atoms with van der Waals surface area (Å²) in [5, 5.41) is 9.69. The van der Waals surface area contributed by atoms with Crippen LogP contribution in [-0.2, 0) is 9.47 Å². The maximum absolute atomic E-state index is 9.69. The van der Waals surface area contributed by atoms with Crippen LogP contribution in [0.15, 0.2) is 0 Å². The highest BCUT2D eigenvalue weighted by Crippen LogP contribution is 2.12. The third-order valence-electron chi connectivity index (χ3n) is 5.52. The van der Waals surface area contributed by atoms with Crippen molar-refractivity contribution in [2.75, 3.05) is 13.2 Å². The first-order valence-corrected chi connectivity index (χ1v) is 12.7. The van der Waals surface area contributed by atoms with Gasteiger partial charge in [-0.25, -0.2) is 0 Å². The van der Waals surface area contributed by atoms with Crippen molar-refractivity contribution >= 4 is 0 Å². The van der Waals surface area contributed by atoms with Gasteiger partial charge in [0.25, 0.3) is 6.48 Å². The fourth-order valence-electron chi connectivity index (χ4n) is 3.60. The van der Waals surface area contributed by atoms with E-state index in [1.165, 1.54) is 116 Å². The molecule has 0 aromatic heterocycles. The van der Waals surface area contributed by atoms with E-state index in [0.717, 1.165) is 12.8 Å². The van der Waals surface area contributed by atoms with Crippen molar-refractivity contribution in [2.45, 2.75) is 149 Å². The van der Waals surface area contributed by atoms with Crippen LogP contribution in [0.2, 0.25) is 0 Å². The number of aliphatic hydroxyl groups excluding tert-OH is 1. The SMILES string of the molecule is CCCCCCCCCCCCOC(O)OCCCCCCCCCCCC. The monoisotopic (exact) mass is 400 g/mol. The molecule has 0 amide bonds. The van der Waals surface area contributed by atoms with E-state index < -0.39 is 6.48 Å². The highest BCUT2D eigenvalue weighted by Gasteiger charge is 2.03. The zero-order valence-electron chi connectivity index (χ0n) is 19.4. The van der Waals surface area contributed by atoms with Crippen LogP contribution in [0.1, 0.15) is 142 Å². The Labute approximate surface area is 177 Å². The fourth-order valence-corrected chi connectivity index (χ4v) is 3.60. The largest absolute Gasteiger partial charge is 0.346 e. The van der Waals surface area contributed by atoms with Gasteiger partial charge >= 0.3 is 0 Å². The van der Waals surface area contributed by atoms with Crippen LogP contribution in [0.4, 0.5) is 0 Å². The van der Waals surface area contributed by atoms with Gasteiger partial charge in [0.1, 0.15) is 0 Å². The summed E-state index contributed by atoms with van der Waals surface area (Å²) >= 11 is 0. The molecule has 1 N–H and O–H groups in total. The molecular formula is C25H52O3. The van der Waals surface area contributed by atoms with E-state index >= 15 is 0 Å². The van der Waals surface area contributed by atoms with Crippen molar-refractivity contribution in [1.29, 1.82) is 0 Å². The van der Waals surface area contributed by atoms with E-state index in [1.807, 2.05) is 0 Å². The Balaban J connectivity index is 3.12. The summed E-state index contributed by atoms with van der Waals surface area (Å²) in [6.45, 7) is 4.72. The molecule has 170 valence electrons. The number of rotatable bonds is 24. The van der Waals surface area contributed by atoms with Crippen molar-refractivity contribution in [1.82, 2.24) is 0 Å². The van der Waals surface area contributed by atoms with Gasteiger partial charge in [-0.3, -0.25) is 0 Å². The summed E-state index contributed by atoms with van der Waals surface area (Å²) in [5.74, 6) is 0. The summed E-state index contributed by atoms with van der Waals surface area (Å²) < 4.78 is 10.7. The van der Waals surface area contributed by atoms with Gasteiger partial charge in [-0.15, -0.1) is 0 Å². The molecule has 0 spiro atoms. The fraction of sp³-hybridized carbons (Fsp3) is 1.00. The van der Waals surface area contributed by atoms with Crippen molar-refractivity contribution < 1.29 is 14.6 Å². The quantitative estimate of drug-likeness (QED) is 0.131. The Hall–Kier alpha value is -0.120. The zero-order valence-corrected chi connectivity index (χ0v) is 19.4. The first-order chi connectivity index (χ1) is 13.8. The molecule has 0 rings (SSSR count). The molecule has 3 heteroatoms. The standard InChI is InChI=1S/C25H52O3/c1-3-5-7-9-11-13-15-17-19-21-23-27-25(26)28-24-22-20-18-16-14-12-10-8-6-4-2/h25-26H,3-24H2,1-2H3. The van der Waals surface area contributed by atoms with Crippen molar-refractivity contribution in [2.24, 2.45) is 0 Å². The van der Waals surface area contributed by atoms with E-state index in [1.54, 1.807) is 0 Å². The average Bonchev–Trinajstić information content (AvgIpc) is 2.70. The molecule has 28 heavy (non-hydrogen) atoms. The normalized spacial score (nSPS) is 11.6. The maximum Gasteiger partial charge on any atom is 0.269 e. The molecule has 0 bridgehead atoms. The lowest BCUT2D eigenvalue weighted by Gasteiger charge is -2.12. The second kappa shape index (κ2) is 24.9.